The van der Waals surface area contributed by atoms with E-state index in [9.17, 15) is 5.11 Å². The summed E-state index contributed by atoms with van der Waals surface area (Å²) in [6.45, 7) is 3.27. The van der Waals surface area contributed by atoms with E-state index in [1.54, 1.807) is 17.2 Å². The van der Waals surface area contributed by atoms with Gasteiger partial charge in [-0.15, -0.1) is 0 Å². The molecule has 2 aromatic rings. The third-order valence-electron chi connectivity index (χ3n) is 3.26. The average molecular weight is 233 g/mol. The topological polar surface area (TPSA) is 67.1 Å². The fourth-order valence-corrected chi connectivity index (χ4v) is 2.33. The Bertz CT molecular complexity index is 562. The minimum Gasteiger partial charge on any atom is -0.388 e. The van der Waals surface area contributed by atoms with Gasteiger partial charge in [-0.05, 0) is 13.3 Å². The minimum atomic E-state index is -0.626. The van der Waals surface area contributed by atoms with Crippen LogP contribution in [0.3, 0.4) is 0 Å². The molecule has 6 heteroatoms. The first kappa shape index (κ1) is 10.5. The molecular formula is C11H15N5O. The number of β-amino-alcohol motifs (C(OH)–C–C–N with tert-alkyl or cyclic N) is 1. The van der Waals surface area contributed by atoms with Crippen molar-refractivity contribution in [3.8, 4) is 0 Å². The van der Waals surface area contributed by atoms with E-state index >= 15 is 0 Å². The van der Waals surface area contributed by atoms with Crippen molar-refractivity contribution in [2.75, 3.05) is 18.0 Å². The van der Waals surface area contributed by atoms with Crippen LogP contribution in [0.25, 0.3) is 11.0 Å². The lowest BCUT2D eigenvalue weighted by Gasteiger charge is -2.20. The summed E-state index contributed by atoms with van der Waals surface area (Å²) in [6.07, 6.45) is 4.09. The molecular weight excluding hydrogens is 218 g/mol. The predicted molar refractivity (Wildman–Crippen MR) is 63.8 cm³/mol. The van der Waals surface area contributed by atoms with Crippen LogP contribution in [0.5, 0.6) is 0 Å². The van der Waals surface area contributed by atoms with Crippen molar-refractivity contribution < 1.29 is 5.11 Å². The van der Waals surface area contributed by atoms with Gasteiger partial charge in [0, 0.05) is 20.1 Å². The van der Waals surface area contributed by atoms with Gasteiger partial charge in [-0.2, -0.15) is 5.10 Å². The number of nitrogens with zero attached hydrogens (tertiary/aromatic N) is 5. The zero-order valence-corrected chi connectivity index (χ0v) is 9.96. The Labute approximate surface area is 98.9 Å². The summed E-state index contributed by atoms with van der Waals surface area (Å²) in [4.78, 5) is 10.6. The smallest absolute Gasteiger partial charge is 0.163 e. The Morgan fingerprint density at radius 1 is 1.41 bits per heavy atom. The van der Waals surface area contributed by atoms with Crippen LogP contribution in [0, 0.1) is 0 Å². The molecule has 1 atom stereocenters. The van der Waals surface area contributed by atoms with Crippen LogP contribution < -0.4 is 4.90 Å². The van der Waals surface area contributed by atoms with E-state index in [4.69, 9.17) is 0 Å². The molecule has 1 fully saturated rings. The molecule has 0 aliphatic carbocycles. The van der Waals surface area contributed by atoms with Gasteiger partial charge >= 0.3 is 0 Å². The van der Waals surface area contributed by atoms with Crippen molar-refractivity contribution in [3.63, 3.8) is 0 Å². The van der Waals surface area contributed by atoms with Crippen molar-refractivity contribution in [1.29, 1.82) is 0 Å². The molecule has 90 valence electrons. The summed E-state index contributed by atoms with van der Waals surface area (Å²) >= 11 is 0. The van der Waals surface area contributed by atoms with Gasteiger partial charge in [-0.25, -0.2) is 9.97 Å². The lowest BCUT2D eigenvalue weighted by Crippen LogP contribution is -2.30. The van der Waals surface area contributed by atoms with E-state index in [1.807, 2.05) is 14.0 Å². The third-order valence-corrected chi connectivity index (χ3v) is 3.26. The highest BCUT2D eigenvalue weighted by Crippen LogP contribution is 2.29. The highest BCUT2D eigenvalue weighted by Gasteiger charge is 2.32. The Kier molecular flexibility index (Phi) is 2.09. The van der Waals surface area contributed by atoms with Crippen molar-refractivity contribution in [3.05, 3.63) is 12.5 Å². The number of aromatic nitrogens is 4. The molecule has 2 aromatic heterocycles. The van der Waals surface area contributed by atoms with Crippen molar-refractivity contribution in [1.82, 2.24) is 19.7 Å². The molecule has 1 saturated heterocycles. The van der Waals surface area contributed by atoms with Gasteiger partial charge < -0.3 is 10.0 Å². The van der Waals surface area contributed by atoms with Crippen LogP contribution in [-0.2, 0) is 7.05 Å². The summed E-state index contributed by atoms with van der Waals surface area (Å²) in [5, 5.41) is 15.1. The van der Waals surface area contributed by atoms with Crippen molar-refractivity contribution >= 4 is 16.9 Å². The Morgan fingerprint density at radius 2 is 2.24 bits per heavy atom. The number of anilines is 1. The molecule has 0 aromatic carbocycles. The van der Waals surface area contributed by atoms with Crippen molar-refractivity contribution in [2.24, 2.45) is 7.05 Å². The van der Waals surface area contributed by atoms with Crippen LogP contribution in [0.15, 0.2) is 12.5 Å². The number of hydrogen-bond acceptors (Lipinski definition) is 5. The van der Waals surface area contributed by atoms with Crippen LogP contribution in [0.4, 0.5) is 5.82 Å². The zero-order chi connectivity index (χ0) is 12.0. The molecule has 1 unspecified atom stereocenters. The predicted octanol–water partition coefficient (Wildman–Crippen LogP) is 0.324. The molecule has 3 rings (SSSR count). The monoisotopic (exact) mass is 233 g/mol. The van der Waals surface area contributed by atoms with Gasteiger partial charge in [0.1, 0.15) is 12.1 Å². The molecule has 6 nitrogen and oxygen atoms in total. The molecule has 0 spiro atoms. The van der Waals surface area contributed by atoms with Crippen molar-refractivity contribution in [2.45, 2.75) is 18.9 Å². The molecule has 1 aliphatic heterocycles. The summed E-state index contributed by atoms with van der Waals surface area (Å²) in [5.74, 6) is 0.862. The fraction of sp³-hybridized carbons (Fsp3) is 0.545. The first-order chi connectivity index (χ1) is 8.07. The molecule has 1 aliphatic rings. The Hall–Kier alpha value is -1.69. The van der Waals surface area contributed by atoms with E-state index in [0.29, 0.717) is 6.54 Å². The van der Waals surface area contributed by atoms with Gasteiger partial charge in [0.25, 0.3) is 0 Å². The standard InChI is InChI=1S/C11H15N5O/c1-11(17)3-4-16(6-11)10-8-5-14-15(2)9(8)12-7-13-10/h5,7,17H,3-4,6H2,1-2H3. The highest BCUT2D eigenvalue weighted by molar-refractivity contribution is 5.86. The second kappa shape index (κ2) is 3.40. The summed E-state index contributed by atoms with van der Waals surface area (Å²) < 4.78 is 1.73. The van der Waals surface area contributed by atoms with Crippen LogP contribution in [-0.4, -0.2) is 43.5 Å². The van der Waals surface area contributed by atoms with Gasteiger partial charge in [0.15, 0.2) is 5.65 Å². The highest BCUT2D eigenvalue weighted by atomic mass is 16.3. The molecule has 1 N–H and O–H groups in total. The second-order valence-electron chi connectivity index (χ2n) is 4.87. The quantitative estimate of drug-likeness (QED) is 0.768. The Morgan fingerprint density at radius 3 is 2.94 bits per heavy atom. The molecule has 0 bridgehead atoms. The average Bonchev–Trinajstić information content (AvgIpc) is 2.83. The van der Waals surface area contributed by atoms with E-state index in [0.717, 1.165) is 29.8 Å². The maximum atomic E-state index is 10.00. The zero-order valence-electron chi connectivity index (χ0n) is 9.96. The number of rotatable bonds is 1. The fourth-order valence-electron chi connectivity index (χ4n) is 2.33. The number of hydrogen-bond donors (Lipinski definition) is 1. The molecule has 3 heterocycles. The van der Waals surface area contributed by atoms with Crippen LogP contribution in [0.2, 0.25) is 0 Å². The van der Waals surface area contributed by atoms with E-state index < -0.39 is 5.60 Å². The number of aryl methyl sites for hydroxylation is 1. The van der Waals surface area contributed by atoms with E-state index in [2.05, 4.69) is 20.0 Å². The lowest BCUT2D eigenvalue weighted by atomic mass is 10.1. The normalized spacial score (nSPS) is 24.8. The van der Waals surface area contributed by atoms with Crippen LogP contribution in [0.1, 0.15) is 13.3 Å². The van der Waals surface area contributed by atoms with Crippen LogP contribution >= 0.6 is 0 Å². The minimum absolute atomic E-state index is 0.605. The molecule has 0 radical (unpaired) electrons. The largest absolute Gasteiger partial charge is 0.388 e. The molecule has 0 saturated carbocycles. The Balaban J connectivity index is 2.06. The van der Waals surface area contributed by atoms with E-state index in [1.165, 1.54) is 0 Å². The van der Waals surface area contributed by atoms with Gasteiger partial charge in [-0.3, -0.25) is 4.68 Å². The lowest BCUT2D eigenvalue weighted by molar-refractivity contribution is 0.0839. The first-order valence-electron chi connectivity index (χ1n) is 5.67. The summed E-state index contributed by atoms with van der Waals surface area (Å²) in [5.41, 5.74) is 0.195. The second-order valence-corrected chi connectivity index (χ2v) is 4.87. The maximum absolute atomic E-state index is 10.00. The van der Waals surface area contributed by atoms with Gasteiger partial charge in [0.2, 0.25) is 0 Å². The maximum Gasteiger partial charge on any atom is 0.163 e. The molecule has 17 heavy (non-hydrogen) atoms. The number of aliphatic hydroxyl groups is 1. The molecule has 0 amide bonds. The third kappa shape index (κ3) is 1.64. The van der Waals surface area contributed by atoms with E-state index in [-0.39, 0.29) is 0 Å². The number of fused-ring (bicyclic) bond motifs is 1. The van der Waals surface area contributed by atoms with Gasteiger partial charge in [-0.1, -0.05) is 0 Å². The van der Waals surface area contributed by atoms with Gasteiger partial charge in [0.05, 0.1) is 17.2 Å². The first-order valence-corrected chi connectivity index (χ1v) is 5.67. The summed E-state index contributed by atoms with van der Waals surface area (Å²) in [7, 11) is 1.86. The summed E-state index contributed by atoms with van der Waals surface area (Å²) in [6, 6.07) is 0. The SMILES string of the molecule is Cn1ncc2c(N3CCC(C)(O)C3)ncnc21.